The number of hydrogen-bond acceptors (Lipinski definition) is 4. The lowest BCUT2D eigenvalue weighted by Crippen LogP contribution is -2.43. The maximum atomic E-state index is 13.4. The Balaban J connectivity index is 2.86. The van der Waals surface area contributed by atoms with Crippen molar-refractivity contribution in [3.8, 4) is 5.75 Å². The summed E-state index contributed by atoms with van der Waals surface area (Å²) in [6, 6.07) is 1.93. The van der Waals surface area contributed by atoms with Crippen LogP contribution >= 0.6 is 0 Å². The highest BCUT2D eigenvalue weighted by Crippen LogP contribution is 2.17. The molecule has 1 rings (SSSR count). The normalized spacial score (nSPS) is 11.5. The lowest BCUT2D eigenvalue weighted by Gasteiger charge is -2.13. The second kappa shape index (κ2) is 6.50. The minimum Gasteiger partial charge on any atom is -0.494 e. The largest absolute Gasteiger partial charge is 0.494 e. The molecule has 8 heteroatoms. The molecule has 0 saturated carbocycles. The molecule has 0 aliphatic carbocycles. The number of carboxylic acid groups (broad SMARTS) is 1. The number of nitrogens with one attached hydrogen (secondary N) is 1. The number of methoxy groups -OCH3 is 1. The zero-order valence-electron chi connectivity index (χ0n) is 10.6. The molecule has 0 aliphatic heterocycles. The van der Waals surface area contributed by atoms with Gasteiger partial charge in [0.1, 0.15) is 6.04 Å². The summed E-state index contributed by atoms with van der Waals surface area (Å²) in [5, 5.41) is 10.9. The molecule has 1 atom stereocenters. The van der Waals surface area contributed by atoms with Crippen LogP contribution < -0.4 is 15.8 Å². The Bertz CT molecular complexity index is 547. The Morgan fingerprint density at radius 3 is 2.55 bits per heavy atom. The maximum absolute atomic E-state index is 13.4. The van der Waals surface area contributed by atoms with Crippen molar-refractivity contribution in [2.45, 2.75) is 12.5 Å². The summed E-state index contributed by atoms with van der Waals surface area (Å²) in [5.74, 6) is -3.93. The SMILES string of the molecule is COc1ccc(C(=O)N[C@@H](CC(N)=O)C(=O)O)cc1F. The van der Waals surface area contributed by atoms with E-state index in [1.807, 2.05) is 0 Å². The van der Waals surface area contributed by atoms with E-state index in [4.69, 9.17) is 10.8 Å². The number of carboxylic acids is 1. The summed E-state index contributed by atoms with van der Waals surface area (Å²) in [4.78, 5) is 33.3. The molecule has 0 spiro atoms. The first kappa shape index (κ1) is 15.4. The first-order valence-corrected chi connectivity index (χ1v) is 5.50. The van der Waals surface area contributed by atoms with E-state index in [2.05, 4.69) is 10.1 Å². The number of amides is 2. The highest BCUT2D eigenvalue weighted by molar-refractivity contribution is 5.97. The van der Waals surface area contributed by atoms with Gasteiger partial charge in [0.25, 0.3) is 5.91 Å². The van der Waals surface area contributed by atoms with Crippen LogP contribution in [0.25, 0.3) is 0 Å². The molecule has 4 N–H and O–H groups in total. The van der Waals surface area contributed by atoms with E-state index in [0.29, 0.717) is 0 Å². The number of aliphatic carboxylic acids is 1. The van der Waals surface area contributed by atoms with Crippen molar-refractivity contribution in [1.29, 1.82) is 0 Å². The number of ether oxygens (including phenoxy) is 1. The number of nitrogens with two attached hydrogens (primary N) is 1. The van der Waals surface area contributed by atoms with E-state index in [-0.39, 0.29) is 11.3 Å². The van der Waals surface area contributed by atoms with Gasteiger partial charge < -0.3 is 20.9 Å². The highest BCUT2D eigenvalue weighted by atomic mass is 19.1. The predicted molar refractivity (Wildman–Crippen MR) is 65.7 cm³/mol. The summed E-state index contributed by atoms with van der Waals surface area (Å²) in [6.07, 6.45) is -0.556. The van der Waals surface area contributed by atoms with Crippen molar-refractivity contribution in [1.82, 2.24) is 5.32 Å². The molecule has 1 aromatic carbocycles. The van der Waals surface area contributed by atoms with Gasteiger partial charge in [-0.1, -0.05) is 0 Å². The van der Waals surface area contributed by atoms with Gasteiger partial charge in [0, 0.05) is 5.56 Å². The molecule has 1 aromatic rings. The molecule has 0 radical (unpaired) electrons. The minimum absolute atomic E-state index is 0.0477. The number of primary amides is 1. The molecular formula is C12H13FN2O5. The summed E-state index contributed by atoms with van der Waals surface area (Å²) >= 11 is 0. The molecule has 20 heavy (non-hydrogen) atoms. The van der Waals surface area contributed by atoms with Gasteiger partial charge in [0.2, 0.25) is 5.91 Å². The summed E-state index contributed by atoms with van der Waals surface area (Å²) in [6.45, 7) is 0. The average Bonchev–Trinajstić information content (AvgIpc) is 2.37. The van der Waals surface area contributed by atoms with Gasteiger partial charge in [-0.15, -0.1) is 0 Å². The molecule has 7 nitrogen and oxygen atoms in total. The third-order valence-electron chi connectivity index (χ3n) is 2.42. The van der Waals surface area contributed by atoms with Crippen LogP contribution in [0.4, 0.5) is 4.39 Å². The Labute approximate surface area is 113 Å². The van der Waals surface area contributed by atoms with Gasteiger partial charge in [-0.05, 0) is 18.2 Å². The van der Waals surface area contributed by atoms with E-state index in [9.17, 15) is 18.8 Å². The number of halogens is 1. The van der Waals surface area contributed by atoms with Crippen molar-refractivity contribution in [3.05, 3.63) is 29.6 Å². The van der Waals surface area contributed by atoms with Crippen LogP contribution in [0.15, 0.2) is 18.2 Å². The first-order chi connectivity index (χ1) is 9.35. The molecular weight excluding hydrogens is 271 g/mol. The van der Waals surface area contributed by atoms with Gasteiger partial charge in [-0.25, -0.2) is 9.18 Å². The van der Waals surface area contributed by atoms with Crippen molar-refractivity contribution in [3.63, 3.8) is 0 Å². The average molecular weight is 284 g/mol. The molecule has 0 aromatic heterocycles. The fourth-order valence-corrected chi connectivity index (χ4v) is 1.45. The number of hydrogen-bond donors (Lipinski definition) is 3. The van der Waals surface area contributed by atoms with Crippen molar-refractivity contribution in [2.75, 3.05) is 7.11 Å². The summed E-state index contributed by atoms with van der Waals surface area (Å²) < 4.78 is 18.1. The fraction of sp³-hybridized carbons (Fsp3) is 0.250. The summed E-state index contributed by atoms with van der Waals surface area (Å²) in [5.41, 5.74) is 4.78. The van der Waals surface area contributed by atoms with Crippen molar-refractivity contribution in [2.24, 2.45) is 5.73 Å². The lowest BCUT2D eigenvalue weighted by atomic mass is 10.1. The Morgan fingerprint density at radius 1 is 1.45 bits per heavy atom. The predicted octanol–water partition coefficient (Wildman–Crippen LogP) is -0.107. The molecule has 2 amide bonds. The van der Waals surface area contributed by atoms with Crippen LogP contribution in [0.3, 0.4) is 0 Å². The van der Waals surface area contributed by atoms with Crippen LogP contribution in [0.5, 0.6) is 5.75 Å². The minimum atomic E-state index is -1.47. The molecule has 108 valence electrons. The number of carbonyl (C=O) groups is 3. The van der Waals surface area contributed by atoms with Crippen LogP contribution in [0.2, 0.25) is 0 Å². The van der Waals surface area contributed by atoms with Crippen molar-refractivity contribution < 1.29 is 28.6 Å². The Hall–Kier alpha value is -2.64. The topological polar surface area (TPSA) is 119 Å². The Morgan fingerprint density at radius 2 is 2.10 bits per heavy atom. The second-order valence-electron chi connectivity index (χ2n) is 3.88. The molecule has 0 fully saturated rings. The van der Waals surface area contributed by atoms with E-state index < -0.39 is 36.1 Å². The number of benzene rings is 1. The number of carbonyl (C=O) groups excluding carboxylic acids is 2. The van der Waals surface area contributed by atoms with Gasteiger partial charge >= 0.3 is 5.97 Å². The van der Waals surface area contributed by atoms with Gasteiger partial charge in [0.05, 0.1) is 13.5 Å². The molecule has 0 aliphatic rings. The van der Waals surface area contributed by atoms with E-state index >= 15 is 0 Å². The van der Waals surface area contributed by atoms with Crippen LogP contribution in [-0.4, -0.2) is 36.0 Å². The van der Waals surface area contributed by atoms with Crippen LogP contribution in [-0.2, 0) is 9.59 Å². The monoisotopic (exact) mass is 284 g/mol. The third-order valence-corrected chi connectivity index (χ3v) is 2.42. The quantitative estimate of drug-likeness (QED) is 0.673. The van der Waals surface area contributed by atoms with Gasteiger partial charge in [-0.2, -0.15) is 0 Å². The van der Waals surface area contributed by atoms with E-state index in [0.717, 1.165) is 6.07 Å². The standard InChI is InChI=1S/C12H13FN2O5/c1-20-9-3-2-6(4-7(9)13)11(17)15-8(12(18)19)5-10(14)16/h2-4,8H,5H2,1H3,(H2,14,16)(H,15,17)(H,18,19)/t8-/m0/s1. The van der Waals surface area contributed by atoms with E-state index in [1.165, 1.54) is 19.2 Å². The molecule has 0 bridgehead atoms. The van der Waals surface area contributed by atoms with Gasteiger partial charge in [-0.3, -0.25) is 9.59 Å². The van der Waals surface area contributed by atoms with E-state index in [1.54, 1.807) is 0 Å². The fourth-order valence-electron chi connectivity index (χ4n) is 1.45. The van der Waals surface area contributed by atoms with Crippen molar-refractivity contribution >= 4 is 17.8 Å². The zero-order chi connectivity index (χ0) is 15.3. The smallest absolute Gasteiger partial charge is 0.326 e. The van der Waals surface area contributed by atoms with Crippen LogP contribution in [0, 0.1) is 5.82 Å². The lowest BCUT2D eigenvalue weighted by molar-refractivity contribution is -0.140. The maximum Gasteiger partial charge on any atom is 0.326 e. The molecule has 0 heterocycles. The Kier molecular flexibility index (Phi) is 5.01. The highest BCUT2D eigenvalue weighted by Gasteiger charge is 2.23. The summed E-state index contributed by atoms with van der Waals surface area (Å²) in [7, 11) is 1.27. The molecule has 0 saturated heterocycles. The first-order valence-electron chi connectivity index (χ1n) is 5.50. The van der Waals surface area contributed by atoms with Crippen LogP contribution in [0.1, 0.15) is 16.8 Å². The zero-order valence-corrected chi connectivity index (χ0v) is 10.6. The number of rotatable bonds is 6. The third kappa shape index (κ3) is 3.94. The van der Waals surface area contributed by atoms with Gasteiger partial charge in [0.15, 0.2) is 11.6 Å². The second-order valence-corrected chi connectivity index (χ2v) is 3.88. The molecule has 0 unspecified atom stereocenters.